The molecule has 0 radical (unpaired) electrons. The minimum absolute atomic E-state index is 0.194. The second-order valence-corrected chi connectivity index (χ2v) is 5.93. The van der Waals surface area contributed by atoms with Crippen LogP contribution in [0.3, 0.4) is 0 Å². The van der Waals surface area contributed by atoms with Gasteiger partial charge in [0, 0.05) is 4.88 Å². The lowest BCUT2D eigenvalue weighted by Crippen LogP contribution is -2.10. The molecule has 3 aromatic rings. The molecule has 1 unspecified atom stereocenters. The Morgan fingerprint density at radius 2 is 2.19 bits per heavy atom. The van der Waals surface area contributed by atoms with Gasteiger partial charge >= 0.3 is 5.97 Å². The molecule has 0 saturated heterocycles. The minimum atomic E-state index is -0.936. The number of fused-ring (bicyclic) bond motifs is 1. The number of benzene rings is 1. The van der Waals surface area contributed by atoms with Crippen LogP contribution in [0.5, 0.6) is 0 Å². The SMILES string of the molecule is CCC(c1cccs1)n1c(C)nc2c(C(=O)O)cccc21. The topological polar surface area (TPSA) is 55.1 Å². The van der Waals surface area contributed by atoms with Gasteiger partial charge in [0.1, 0.15) is 11.3 Å². The molecule has 2 heterocycles. The van der Waals surface area contributed by atoms with Crippen molar-refractivity contribution in [2.75, 3.05) is 0 Å². The monoisotopic (exact) mass is 300 g/mol. The van der Waals surface area contributed by atoms with Gasteiger partial charge in [-0.15, -0.1) is 11.3 Å². The van der Waals surface area contributed by atoms with E-state index in [2.05, 4.69) is 27.9 Å². The summed E-state index contributed by atoms with van der Waals surface area (Å²) in [4.78, 5) is 17.1. The average Bonchev–Trinajstić information content (AvgIpc) is 3.08. The Hall–Kier alpha value is -2.14. The van der Waals surface area contributed by atoms with Crippen molar-refractivity contribution >= 4 is 28.3 Å². The second-order valence-electron chi connectivity index (χ2n) is 4.95. The Kier molecular flexibility index (Phi) is 3.51. The van der Waals surface area contributed by atoms with Gasteiger partial charge in [0.2, 0.25) is 0 Å². The third-order valence-corrected chi connectivity index (χ3v) is 4.67. The third-order valence-electron chi connectivity index (χ3n) is 3.70. The predicted octanol–water partition coefficient (Wildman–Crippen LogP) is 4.10. The van der Waals surface area contributed by atoms with Gasteiger partial charge in [-0.25, -0.2) is 9.78 Å². The maximum absolute atomic E-state index is 11.4. The van der Waals surface area contributed by atoms with Crippen LogP contribution in [-0.4, -0.2) is 20.6 Å². The highest BCUT2D eigenvalue weighted by atomic mass is 32.1. The second kappa shape index (κ2) is 5.33. The number of aromatic nitrogens is 2. The van der Waals surface area contributed by atoms with E-state index in [0.717, 1.165) is 17.8 Å². The highest BCUT2D eigenvalue weighted by Gasteiger charge is 2.21. The number of hydrogen-bond donors (Lipinski definition) is 1. The average molecular weight is 300 g/mol. The highest BCUT2D eigenvalue weighted by Crippen LogP contribution is 2.31. The van der Waals surface area contributed by atoms with Gasteiger partial charge in [0.05, 0.1) is 17.1 Å². The summed E-state index contributed by atoms with van der Waals surface area (Å²) in [6.45, 7) is 4.07. The van der Waals surface area contributed by atoms with E-state index in [-0.39, 0.29) is 11.6 Å². The molecular formula is C16H16N2O2S. The molecule has 0 fully saturated rings. The number of aromatic carboxylic acids is 1. The zero-order valence-electron chi connectivity index (χ0n) is 11.9. The van der Waals surface area contributed by atoms with Crippen molar-refractivity contribution in [2.45, 2.75) is 26.3 Å². The highest BCUT2D eigenvalue weighted by molar-refractivity contribution is 7.10. The van der Waals surface area contributed by atoms with E-state index in [4.69, 9.17) is 0 Å². The number of carboxylic acids is 1. The Morgan fingerprint density at radius 1 is 1.38 bits per heavy atom. The van der Waals surface area contributed by atoms with Gasteiger partial charge in [-0.1, -0.05) is 19.1 Å². The summed E-state index contributed by atoms with van der Waals surface area (Å²) in [5, 5.41) is 11.4. The van der Waals surface area contributed by atoms with Crippen molar-refractivity contribution in [3.63, 3.8) is 0 Å². The molecule has 21 heavy (non-hydrogen) atoms. The lowest BCUT2D eigenvalue weighted by atomic mass is 10.1. The first-order valence-corrected chi connectivity index (χ1v) is 7.75. The fraction of sp³-hybridized carbons (Fsp3) is 0.250. The molecule has 0 aliphatic rings. The normalized spacial score (nSPS) is 12.7. The first-order chi connectivity index (χ1) is 10.1. The van der Waals surface area contributed by atoms with Crippen LogP contribution >= 0.6 is 11.3 Å². The van der Waals surface area contributed by atoms with Crippen LogP contribution in [0, 0.1) is 6.92 Å². The number of imidazole rings is 1. The Morgan fingerprint density at radius 3 is 2.81 bits per heavy atom. The molecule has 1 aromatic carbocycles. The summed E-state index contributed by atoms with van der Waals surface area (Å²) in [6, 6.07) is 9.68. The van der Waals surface area contributed by atoms with Crippen LogP contribution in [0.15, 0.2) is 35.7 Å². The van der Waals surface area contributed by atoms with Gasteiger partial charge < -0.3 is 9.67 Å². The zero-order valence-corrected chi connectivity index (χ0v) is 12.7. The third kappa shape index (κ3) is 2.23. The van der Waals surface area contributed by atoms with E-state index >= 15 is 0 Å². The Labute approximate surface area is 126 Å². The fourth-order valence-corrected chi connectivity index (χ4v) is 3.69. The van der Waals surface area contributed by atoms with Crippen LogP contribution in [0.4, 0.5) is 0 Å². The van der Waals surface area contributed by atoms with Crippen molar-refractivity contribution in [1.29, 1.82) is 0 Å². The van der Waals surface area contributed by atoms with Crippen LogP contribution in [0.1, 0.15) is 40.4 Å². The molecule has 4 nitrogen and oxygen atoms in total. The number of carbonyl (C=O) groups is 1. The number of hydrogen-bond acceptors (Lipinski definition) is 3. The number of nitrogens with zero attached hydrogens (tertiary/aromatic N) is 2. The largest absolute Gasteiger partial charge is 0.478 e. The summed E-state index contributed by atoms with van der Waals surface area (Å²) < 4.78 is 2.15. The predicted molar refractivity (Wildman–Crippen MR) is 84.2 cm³/mol. The van der Waals surface area contributed by atoms with Crippen molar-refractivity contribution in [2.24, 2.45) is 0 Å². The summed E-state index contributed by atoms with van der Waals surface area (Å²) >= 11 is 1.72. The van der Waals surface area contributed by atoms with E-state index in [1.54, 1.807) is 23.5 Å². The number of rotatable bonds is 4. The number of para-hydroxylation sites is 1. The zero-order chi connectivity index (χ0) is 15.0. The summed E-state index contributed by atoms with van der Waals surface area (Å²) in [7, 11) is 0. The molecule has 0 spiro atoms. The van der Waals surface area contributed by atoms with Crippen molar-refractivity contribution in [3.8, 4) is 0 Å². The van der Waals surface area contributed by atoms with Crippen LogP contribution in [0.25, 0.3) is 11.0 Å². The minimum Gasteiger partial charge on any atom is -0.478 e. The number of carboxylic acid groups (broad SMARTS) is 1. The van der Waals surface area contributed by atoms with Crippen molar-refractivity contribution < 1.29 is 9.90 Å². The van der Waals surface area contributed by atoms with E-state index < -0.39 is 5.97 Å². The van der Waals surface area contributed by atoms with Crippen LogP contribution < -0.4 is 0 Å². The van der Waals surface area contributed by atoms with Gasteiger partial charge in [-0.3, -0.25) is 0 Å². The van der Waals surface area contributed by atoms with E-state index in [0.29, 0.717) is 5.52 Å². The molecule has 1 atom stereocenters. The summed E-state index contributed by atoms with van der Waals surface area (Å²) in [5.41, 5.74) is 1.71. The van der Waals surface area contributed by atoms with E-state index in [1.807, 2.05) is 19.1 Å². The molecule has 3 rings (SSSR count). The first kappa shape index (κ1) is 13.8. The molecular weight excluding hydrogens is 284 g/mol. The lowest BCUT2D eigenvalue weighted by Gasteiger charge is -2.18. The van der Waals surface area contributed by atoms with Gasteiger partial charge in [0.25, 0.3) is 0 Å². The number of aryl methyl sites for hydroxylation is 1. The van der Waals surface area contributed by atoms with E-state index in [9.17, 15) is 9.90 Å². The fourth-order valence-electron chi connectivity index (χ4n) is 2.79. The first-order valence-electron chi connectivity index (χ1n) is 6.87. The molecule has 0 amide bonds. The number of thiophene rings is 1. The summed E-state index contributed by atoms with van der Waals surface area (Å²) in [5.74, 6) is -0.0895. The molecule has 1 N–H and O–H groups in total. The van der Waals surface area contributed by atoms with Crippen molar-refractivity contribution in [1.82, 2.24) is 9.55 Å². The lowest BCUT2D eigenvalue weighted by molar-refractivity contribution is 0.0699. The maximum Gasteiger partial charge on any atom is 0.337 e. The molecule has 0 aliphatic carbocycles. The van der Waals surface area contributed by atoms with Gasteiger partial charge in [0.15, 0.2) is 0 Å². The van der Waals surface area contributed by atoms with Crippen molar-refractivity contribution in [3.05, 3.63) is 52.0 Å². The van der Waals surface area contributed by atoms with Gasteiger partial charge in [-0.2, -0.15) is 0 Å². The van der Waals surface area contributed by atoms with Crippen LogP contribution in [-0.2, 0) is 0 Å². The standard InChI is InChI=1S/C16H16N2O2S/c1-3-12(14-8-5-9-21-14)18-10(2)17-15-11(16(19)20)6-4-7-13(15)18/h4-9,12H,3H2,1-2H3,(H,19,20). The molecule has 0 aliphatic heterocycles. The molecule has 108 valence electrons. The van der Waals surface area contributed by atoms with Gasteiger partial charge in [-0.05, 0) is 36.9 Å². The van der Waals surface area contributed by atoms with E-state index in [1.165, 1.54) is 4.88 Å². The quantitative estimate of drug-likeness (QED) is 0.789. The molecule has 2 aromatic heterocycles. The maximum atomic E-state index is 11.4. The molecule has 0 bridgehead atoms. The smallest absolute Gasteiger partial charge is 0.337 e. The Bertz CT molecular complexity index is 790. The molecule has 0 saturated carbocycles. The molecule has 5 heteroatoms. The van der Waals surface area contributed by atoms with Crippen LogP contribution in [0.2, 0.25) is 0 Å². The summed E-state index contributed by atoms with van der Waals surface area (Å²) in [6.07, 6.45) is 0.935. The Balaban J connectivity index is 2.25.